The normalized spacial score (nSPS) is 16.9. The Kier molecular flexibility index (Phi) is 4.71. The molecule has 8 nitrogen and oxygen atoms in total. The van der Waals surface area contributed by atoms with Gasteiger partial charge in [-0.05, 0) is 25.0 Å². The summed E-state index contributed by atoms with van der Waals surface area (Å²) in [6, 6.07) is 5.66. The van der Waals surface area contributed by atoms with E-state index in [-0.39, 0.29) is 18.4 Å². The molecule has 2 amide bonds. The molecule has 2 aromatic rings. The van der Waals surface area contributed by atoms with E-state index in [4.69, 9.17) is 14.9 Å². The maximum atomic E-state index is 12.5. The fourth-order valence-corrected chi connectivity index (χ4v) is 3.06. The molecule has 1 fully saturated rings. The van der Waals surface area contributed by atoms with Gasteiger partial charge in [0.05, 0.1) is 25.1 Å². The number of carbonyl (C=O) groups is 2. The lowest BCUT2D eigenvalue weighted by Gasteiger charge is -2.23. The number of amides is 2. The lowest BCUT2D eigenvalue weighted by atomic mass is 10.1. The SMILES string of the molecule is COc1cc(=O)oc2cc(NC(=O)[C@@H]3CCCN3C(=O)CN)ccc12. The fraction of sp³-hybridized carbons (Fsp3) is 0.353. The van der Waals surface area contributed by atoms with Crippen molar-refractivity contribution in [1.29, 1.82) is 0 Å². The number of ether oxygens (including phenoxy) is 1. The Hall–Kier alpha value is -2.87. The van der Waals surface area contributed by atoms with Crippen LogP contribution < -0.4 is 21.4 Å². The predicted octanol–water partition coefficient (Wildman–Crippen LogP) is 0.690. The molecule has 1 aromatic carbocycles. The summed E-state index contributed by atoms with van der Waals surface area (Å²) in [5, 5.41) is 3.39. The minimum absolute atomic E-state index is 0.120. The number of hydrogen-bond donors (Lipinski definition) is 2. The highest BCUT2D eigenvalue weighted by molar-refractivity contribution is 5.99. The van der Waals surface area contributed by atoms with Crippen LogP contribution in [0.3, 0.4) is 0 Å². The van der Waals surface area contributed by atoms with Crippen molar-refractivity contribution in [2.24, 2.45) is 5.73 Å². The Morgan fingerprint density at radius 1 is 1.40 bits per heavy atom. The number of fused-ring (bicyclic) bond motifs is 1. The Balaban J connectivity index is 1.84. The summed E-state index contributed by atoms with van der Waals surface area (Å²) >= 11 is 0. The van der Waals surface area contributed by atoms with E-state index < -0.39 is 11.7 Å². The van der Waals surface area contributed by atoms with Gasteiger partial charge in [0.25, 0.3) is 0 Å². The van der Waals surface area contributed by atoms with Gasteiger partial charge in [-0.15, -0.1) is 0 Å². The van der Waals surface area contributed by atoms with E-state index in [1.807, 2.05) is 0 Å². The van der Waals surface area contributed by atoms with Gasteiger partial charge >= 0.3 is 5.63 Å². The second kappa shape index (κ2) is 6.94. The third-order valence-electron chi connectivity index (χ3n) is 4.24. The van der Waals surface area contributed by atoms with Crippen molar-refractivity contribution < 1.29 is 18.7 Å². The van der Waals surface area contributed by atoms with Gasteiger partial charge in [-0.1, -0.05) is 0 Å². The van der Waals surface area contributed by atoms with Crippen LogP contribution in [0.1, 0.15) is 12.8 Å². The molecule has 0 unspecified atom stereocenters. The number of nitrogens with one attached hydrogen (secondary N) is 1. The van der Waals surface area contributed by atoms with Crippen LogP contribution in [0.5, 0.6) is 5.75 Å². The molecule has 1 aromatic heterocycles. The summed E-state index contributed by atoms with van der Waals surface area (Å²) in [4.78, 5) is 37.4. The van der Waals surface area contributed by atoms with Crippen LogP contribution in [-0.2, 0) is 9.59 Å². The molecule has 3 rings (SSSR count). The number of likely N-dealkylation sites (tertiary alicyclic amines) is 1. The smallest absolute Gasteiger partial charge is 0.339 e. The first kappa shape index (κ1) is 17.0. The first-order chi connectivity index (χ1) is 12.0. The van der Waals surface area contributed by atoms with Crippen LogP contribution in [0.4, 0.5) is 5.69 Å². The maximum Gasteiger partial charge on any atom is 0.339 e. The van der Waals surface area contributed by atoms with Gasteiger partial charge < -0.3 is 25.1 Å². The number of nitrogens with two attached hydrogens (primary N) is 1. The molecule has 0 saturated carbocycles. The van der Waals surface area contributed by atoms with Crippen molar-refractivity contribution in [2.75, 3.05) is 25.5 Å². The standard InChI is InChI=1S/C17H19N3O5/c1-24-13-8-16(22)25-14-7-10(4-5-11(13)14)19-17(23)12-3-2-6-20(12)15(21)9-18/h4-5,7-8,12H,2-3,6,9,18H2,1H3,(H,19,23)/t12-/m0/s1. The molecule has 0 aliphatic carbocycles. The molecule has 1 aliphatic heterocycles. The van der Waals surface area contributed by atoms with Crippen LogP contribution in [0.25, 0.3) is 11.0 Å². The van der Waals surface area contributed by atoms with Crippen molar-refractivity contribution in [3.8, 4) is 5.75 Å². The molecule has 132 valence electrons. The van der Waals surface area contributed by atoms with E-state index in [1.54, 1.807) is 18.2 Å². The van der Waals surface area contributed by atoms with E-state index in [9.17, 15) is 14.4 Å². The minimum Gasteiger partial charge on any atom is -0.496 e. The molecule has 0 radical (unpaired) electrons. The van der Waals surface area contributed by atoms with E-state index in [1.165, 1.54) is 18.1 Å². The molecule has 3 N–H and O–H groups in total. The van der Waals surface area contributed by atoms with Crippen LogP contribution in [-0.4, -0.2) is 43.0 Å². The van der Waals surface area contributed by atoms with Crippen molar-refractivity contribution >= 4 is 28.5 Å². The van der Waals surface area contributed by atoms with Gasteiger partial charge in [-0.3, -0.25) is 9.59 Å². The zero-order valence-electron chi connectivity index (χ0n) is 13.8. The average molecular weight is 345 g/mol. The van der Waals surface area contributed by atoms with Crippen LogP contribution in [0.2, 0.25) is 0 Å². The Morgan fingerprint density at radius 2 is 2.20 bits per heavy atom. The number of rotatable bonds is 4. The highest BCUT2D eigenvalue weighted by atomic mass is 16.5. The van der Waals surface area contributed by atoms with Crippen LogP contribution >= 0.6 is 0 Å². The van der Waals surface area contributed by atoms with Gasteiger partial charge in [-0.25, -0.2) is 4.79 Å². The third-order valence-corrected chi connectivity index (χ3v) is 4.24. The van der Waals surface area contributed by atoms with Crippen molar-refractivity contribution in [2.45, 2.75) is 18.9 Å². The number of nitrogens with zero attached hydrogens (tertiary/aromatic N) is 1. The van der Waals surface area contributed by atoms with Crippen LogP contribution in [0, 0.1) is 0 Å². The summed E-state index contributed by atoms with van der Waals surface area (Å²) in [5.41, 5.74) is 5.64. The fourth-order valence-electron chi connectivity index (χ4n) is 3.06. The quantitative estimate of drug-likeness (QED) is 0.788. The third kappa shape index (κ3) is 3.34. The molecule has 0 bridgehead atoms. The average Bonchev–Trinajstić information content (AvgIpc) is 3.09. The molecule has 1 saturated heterocycles. The topological polar surface area (TPSA) is 115 Å². The zero-order chi connectivity index (χ0) is 18.0. The van der Waals surface area contributed by atoms with E-state index in [2.05, 4.69) is 5.32 Å². The van der Waals surface area contributed by atoms with E-state index >= 15 is 0 Å². The van der Waals surface area contributed by atoms with E-state index in [0.717, 1.165) is 6.42 Å². The summed E-state index contributed by atoms with van der Waals surface area (Å²) in [6.07, 6.45) is 1.35. The first-order valence-corrected chi connectivity index (χ1v) is 7.96. The molecule has 1 atom stereocenters. The first-order valence-electron chi connectivity index (χ1n) is 7.96. The zero-order valence-corrected chi connectivity index (χ0v) is 13.8. The van der Waals surface area contributed by atoms with Crippen LogP contribution in [0.15, 0.2) is 33.5 Å². The Labute approximate surface area is 143 Å². The molecule has 1 aliphatic rings. The number of hydrogen-bond acceptors (Lipinski definition) is 6. The second-order valence-corrected chi connectivity index (χ2v) is 5.78. The summed E-state index contributed by atoms with van der Waals surface area (Å²) in [6.45, 7) is 0.405. The van der Waals surface area contributed by atoms with Crippen molar-refractivity contribution in [3.63, 3.8) is 0 Å². The lowest BCUT2D eigenvalue weighted by molar-refractivity contribution is -0.135. The maximum absolute atomic E-state index is 12.5. The summed E-state index contributed by atoms with van der Waals surface area (Å²) in [7, 11) is 1.47. The number of anilines is 1. The van der Waals surface area contributed by atoms with Gasteiger partial charge in [0, 0.05) is 18.3 Å². The second-order valence-electron chi connectivity index (χ2n) is 5.78. The lowest BCUT2D eigenvalue weighted by Crippen LogP contribution is -2.45. The molecular weight excluding hydrogens is 326 g/mol. The van der Waals surface area contributed by atoms with Crippen molar-refractivity contribution in [1.82, 2.24) is 4.90 Å². The van der Waals surface area contributed by atoms with Gasteiger partial charge in [0.15, 0.2) is 0 Å². The van der Waals surface area contributed by atoms with Gasteiger partial charge in [-0.2, -0.15) is 0 Å². The summed E-state index contributed by atoms with van der Waals surface area (Å²) < 4.78 is 10.3. The Morgan fingerprint density at radius 3 is 2.92 bits per heavy atom. The van der Waals surface area contributed by atoms with Crippen molar-refractivity contribution in [3.05, 3.63) is 34.7 Å². The number of benzene rings is 1. The highest BCUT2D eigenvalue weighted by Crippen LogP contribution is 2.26. The molecule has 25 heavy (non-hydrogen) atoms. The van der Waals surface area contributed by atoms with E-state index in [0.29, 0.717) is 35.4 Å². The molecule has 8 heteroatoms. The Bertz CT molecular complexity index is 876. The minimum atomic E-state index is -0.539. The largest absolute Gasteiger partial charge is 0.496 e. The molecule has 0 spiro atoms. The predicted molar refractivity (Wildman–Crippen MR) is 91.5 cm³/mol. The molecular formula is C17H19N3O5. The number of methoxy groups -OCH3 is 1. The van der Waals surface area contributed by atoms with Gasteiger partial charge in [0.2, 0.25) is 11.8 Å². The molecule has 2 heterocycles. The number of carbonyl (C=O) groups excluding carboxylic acids is 2. The summed E-state index contributed by atoms with van der Waals surface area (Å²) in [5.74, 6) is -0.129. The highest BCUT2D eigenvalue weighted by Gasteiger charge is 2.33. The van der Waals surface area contributed by atoms with Gasteiger partial charge in [0.1, 0.15) is 17.4 Å². The monoisotopic (exact) mass is 345 g/mol.